The molecule has 2 heterocycles. The number of nitrogens with one attached hydrogen (secondary N) is 2. The summed E-state index contributed by atoms with van der Waals surface area (Å²) >= 11 is 0. The highest BCUT2D eigenvalue weighted by Crippen LogP contribution is 2.20. The second-order valence-corrected chi connectivity index (χ2v) is 5.59. The van der Waals surface area contributed by atoms with Crippen molar-refractivity contribution in [3.8, 4) is 0 Å². The van der Waals surface area contributed by atoms with E-state index in [1.807, 2.05) is 18.2 Å². The number of benzene rings is 2. The van der Waals surface area contributed by atoms with E-state index in [9.17, 15) is 0 Å². The Balaban J connectivity index is 1.50. The molecule has 0 fully saturated rings. The van der Waals surface area contributed by atoms with Gasteiger partial charge >= 0.3 is 0 Å². The lowest BCUT2D eigenvalue weighted by Gasteiger charge is -2.01. The van der Waals surface area contributed by atoms with Crippen LogP contribution in [0, 0.1) is 0 Å². The maximum Gasteiger partial charge on any atom is 0.121 e. The van der Waals surface area contributed by atoms with Crippen LogP contribution in [0.2, 0.25) is 0 Å². The number of hydrogen-bond donors (Lipinski definition) is 2. The van der Waals surface area contributed by atoms with E-state index in [2.05, 4.69) is 63.4 Å². The van der Waals surface area contributed by atoms with Gasteiger partial charge in [0.15, 0.2) is 0 Å². The number of nitrogens with zero attached hydrogens (tertiary/aromatic N) is 2. The molecule has 0 aliphatic carbocycles. The van der Waals surface area contributed by atoms with Crippen molar-refractivity contribution in [3.63, 3.8) is 0 Å². The predicted molar refractivity (Wildman–Crippen MR) is 89.6 cm³/mol. The summed E-state index contributed by atoms with van der Waals surface area (Å²) in [5.74, 6) is 0.974. The number of aryl methyl sites for hydroxylation is 1. The molecule has 4 nitrogen and oxygen atoms in total. The van der Waals surface area contributed by atoms with E-state index in [-0.39, 0.29) is 0 Å². The molecule has 4 aromatic rings. The second kappa shape index (κ2) is 5.31. The average Bonchev–Trinajstić information content (AvgIpc) is 3.09. The van der Waals surface area contributed by atoms with Crippen molar-refractivity contribution >= 4 is 21.9 Å². The first kappa shape index (κ1) is 13.1. The van der Waals surface area contributed by atoms with Gasteiger partial charge in [0.05, 0.1) is 17.6 Å². The molecule has 0 saturated carbocycles. The molecule has 22 heavy (non-hydrogen) atoms. The zero-order valence-electron chi connectivity index (χ0n) is 12.5. The summed E-state index contributed by atoms with van der Waals surface area (Å²) in [6.07, 6.45) is 2.19. The lowest BCUT2D eigenvalue weighted by atomic mass is 10.2. The summed E-state index contributed by atoms with van der Waals surface area (Å²) in [7, 11) is 2.09. The largest absolute Gasteiger partial charge is 0.350 e. The quantitative estimate of drug-likeness (QED) is 0.605. The molecule has 0 atom stereocenters. The van der Waals surface area contributed by atoms with E-state index < -0.39 is 0 Å². The maximum atomic E-state index is 4.59. The third-order valence-electron chi connectivity index (χ3n) is 4.03. The molecular formula is C18H18N4. The van der Waals surface area contributed by atoms with E-state index in [1.54, 1.807) is 0 Å². The Hall–Kier alpha value is -2.59. The molecule has 2 N–H and O–H groups in total. The molecule has 0 aliphatic rings. The number of aromatic nitrogens is 3. The number of fused-ring (bicyclic) bond motifs is 2. The number of rotatable bonds is 4. The topological polar surface area (TPSA) is 45.6 Å². The molecule has 0 spiro atoms. The molecule has 0 bridgehead atoms. The van der Waals surface area contributed by atoms with Gasteiger partial charge in [-0.1, -0.05) is 30.3 Å². The number of aromatic amines is 1. The Morgan fingerprint density at radius 2 is 1.86 bits per heavy atom. The third-order valence-corrected chi connectivity index (χ3v) is 4.03. The fourth-order valence-corrected chi connectivity index (χ4v) is 2.97. The van der Waals surface area contributed by atoms with Gasteiger partial charge in [-0.15, -0.1) is 0 Å². The number of hydrogen-bond acceptors (Lipinski definition) is 2. The van der Waals surface area contributed by atoms with E-state index in [4.69, 9.17) is 0 Å². The first-order valence-electron chi connectivity index (χ1n) is 7.48. The maximum absolute atomic E-state index is 4.59. The first-order chi connectivity index (χ1) is 10.8. The Morgan fingerprint density at radius 3 is 2.77 bits per heavy atom. The van der Waals surface area contributed by atoms with Gasteiger partial charge in [0, 0.05) is 30.7 Å². The van der Waals surface area contributed by atoms with Crippen molar-refractivity contribution in [2.24, 2.45) is 7.05 Å². The van der Waals surface area contributed by atoms with Crippen molar-refractivity contribution in [1.82, 2.24) is 19.9 Å². The lowest BCUT2D eigenvalue weighted by molar-refractivity contribution is 0.671. The summed E-state index contributed by atoms with van der Waals surface area (Å²) in [5, 5.41) is 4.78. The van der Waals surface area contributed by atoms with Crippen LogP contribution >= 0.6 is 0 Å². The fraction of sp³-hybridized carbons (Fsp3) is 0.167. The van der Waals surface area contributed by atoms with Crippen LogP contribution in [0.5, 0.6) is 0 Å². The molecule has 2 aromatic carbocycles. The van der Waals surface area contributed by atoms with Gasteiger partial charge in [0.2, 0.25) is 0 Å². The highest BCUT2D eigenvalue weighted by atomic mass is 15.0. The van der Waals surface area contributed by atoms with Crippen LogP contribution < -0.4 is 5.32 Å². The van der Waals surface area contributed by atoms with E-state index in [0.29, 0.717) is 0 Å². The SMILES string of the molecule is Cn1cc(CNCc2nc3ccccc3[nH]2)c2ccccc21. The van der Waals surface area contributed by atoms with Gasteiger partial charge in [-0.3, -0.25) is 0 Å². The molecule has 2 aromatic heterocycles. The van der Waals surface area contributed by atoms with Gasteiger partial charge in [0.25, 0.3) is 0 Å². The van der Waals surface area contributed by atoms with E-state index in [1.165, 1.54) is 16.5 Å². The first-order valence-corrected chi connectivity index (χ1v) is 7.48. The van der Waals surface area contributed by atoms with Crippen LogP contribution in [0.4, 0.5) is 0 Å². The zero-order chi connectivity index (χ0) is 14.9. The lowest BCUT2D eigenvalue weighted by Crippen LogP contribution is -2.13. The summed E-state index contributed by atoms with van der Waals surface area (Å²) in [6.45, 7) is 1.57. The summed E-state index contributed by atoms with van der Waals surface area (Å²) in [5.41, 5.74) is 4.69. The van der Waals surface area contributed by atoms with Gasteiger partial charge < -0.3 is 14.9 Å². The van der Waals surface area contributed by atoms with E-state index in [0.717, 1.165) is 29.9 Å². The van der Waals surface area contributed by atoms with Crippen molar-refractivity contribution in [2.75, 3.05) is 0 Å². The molecule has 0 radical (unpaired) electrons. The van der Waals surface area contributed by atoms with Crippen LogP contribution in [0.1, 0.15) is 11.4 Å². The predicted octanol–water partition coefficient (Wildman–Crippen LogP) is 3.34. The minimum atomic E-state index is 0.734. The number of H-pyrrole nitrogens is 1. The van der Waals surface area contributed by atoms with Crippen LogP contribution in [-0.4, -0.2) is 14.5 Å². The second-order valence-electron chi connectivity index (χ2n) is 5.59. The van der Waals surface area contributed by atoms with E-state index >= 15 is 0 Å². The smallest absolute Gasteiger partial charge is 0.121 e. The Labute approximate surface area is 128 Å². The van der Waals surface area contributed by atoms with Crippen LogP contribution in [0.15, 0.2) is 54.7 Å². The number of imidazole rings is 1. The molecule has 4 rings (SSSR count). The molecule has 4 heteroatoms. The van der Waals surface area contributed by atoms with Gasteiger partial charge in [-0.2, -0.15) is 0 Å². The third kappa shape index (κ3) is 2.27. The molecular weight excluding hydrogens is 272 g/mol. The Morgan fingerprint density at radius 1 is 1.05 bits per heavy atom. The van der Waals surface area contributed by atoms with Crippen molar-refractivity contribution in [2.45, 2.75) is 13.1 Å². The molecule has 110 valence electrons. The highest BCUT2D eigenvalue weighted by Gasteiger charge is 2.06. The monoisotopic (exact) mass is 290 g/mol. The van der Waals surface area contributed by atoms with Gasteiger partial charge in [-0.05, 0) is 23.8 Å². The average molecular weight is 290 g/mol. The van der Waals surface area contributed by atoms with Gasteiger partial charge in [-0.25, -0.2) is 4.98 Å². The highest BCUT2D eigenvalue weighted by molar-refractivity contribution is 5.83. The molecule has 0 aliphatic heterocycles. The van der Waals surface area contributed by atoms with Crippen molar-refractivity contribution in [1.29, 1.82) is 0 Å². The number of para-hydroxylation sites is 3. The Kier molecular flexibility index (Phi) is 3.16. The summed E-state index contributed by atoms with van der Waals surface area (Å²) < 4.78 is 2.17. The standard InChI is InChI=1S/C18H18N4/c1-22-12-13(14-6-2-5-9-17(14)22)10-19-11-18-20-15-7-3-4-8-16(15)21-18/h2-9,12,19H,10-11H2,1H3,(H,20,21). The van der Waals surface area contributed by atoms with Crippen molar-refractivity contribution < 1.29 is 0 Å². The normalized spacial score (nSPS) is 11.5. The summed E-state index contributed by atoms with van der Waals surface area (Å²) in [6, 6.07) is 16.6. The molecule has 0 amide bonds. The Bertz CT molecular complexity index is 899. The van der Waals surface area contributed by atoms with Gasteiger partial charge in [0.1, 0.15) is 5.82 Å². The fourth-order valence-electron chi connectivity index (χ4n) is 2.97. The molecule has 0 unspecified atom stereocenters. The van der Waals surface area contributed by atoms with Crippen LogP contribution in [-0.2, 0) is 20.1 Å². The van der Waals surface area contributed by atoms with Crippen LogP contribution in [0.3, 0.4) is 0 Å². The van der Waals surface area contributed by atoms with Crippen LogP contribution in [0.25, 0.3) is 21.9 Å². The van der Waals surface area contributed by atoms with Crippen molar-refractivity contribution in [3.05, 3.63) is 66.1 Å². The minimum absolute atomic E-state index is 0.734. The zero-order valence-corrected chi connectivity index (χ0v) is 12.5. The minimum Gasteiger partial charge on any atom is -0.350 e. The summed E-state index contributed by atoms with van der Waals surface area (Å²) in [4.78, 5) is 7.93. The molecule has 0 saturated heterocycles.